The Morgan fingerprint density at radius 3 is 2.80 bits per heavy atom. The van der Waals surface area contributed by atoms with E-state index in [0.29, 0.717) is 13.0 Å². The summed E-state index contributed by atoms with van der Waals surface area (Å²) in [6.07, 6.45) is 1.47. The van der Waals surface area contributed by atoms with Crippen molar-refractivity contribution in [1.82, 2.24) is 4.90 Å². The second-order valence-corrected chi connectivity index (χ2v) is 5.31. The Balaban J connectivity index is 2.41. The van der Waals surface area contributed by atoms with Crippen molar-refractivity contribution in [2.75, 3.05) is 13.2 Å². The monoisotopic (exact) mass is 318 g/mol. The van der Waals surface area contributed by atoms with Gasteiger partial charge in [-0.25, -0.2) is 0 Å². The van der Waals surface area contributed by atoms with Crippen LogP contribution in [0.2, 0.25) is 10.0 Å². The number of likely N-dealkylation sites (tertiary alicyclic amines) is 1. The maximum Gasteiger partial charge on any atom is 0.271 e. The summed E-state index contributed by atoms with van der Waals surface area (Å²) in [6.45, 7) is 0.340. The average molecular weight is 319 g/mol. The van der Waals surface area contributed by atoms with Crippen LogP contribution in [-0.2, 0) is 0 Å². The fraction of sp³-hybridized carbons (Fsp3) is 0.417. The van der Waals surface area contributed by atoms with Gasteiger partial charge in [-0.15, -0.1) is 0 Å². The van der Waals surface area contributed by atoms with Crippen LogP contribution in [0, 0.1) is 10.1 Å². The van der Waals surface area contributed by atoms with E-state index in [-0.39, 0.29) is 33.9 Å². The molecule has 0 spiro atoms. The third-order valence-corrected chi connectivity index (χ3v) is 4.10. The van der Waals surface area contributed by atoms with Gasteiger partial charge in [0.1, 0.15) is 0 Å². The highest BCUT2D eigenvalue weighted by atomic mass is 35.5. The number of nitrogens with zero attached hydrogens (tertiary/aromatic N) is 2. The van der Waals surface area contributed by atoms with Gasteiger partial charge < -0.3 is 10.0 Å². The van der Waals surface area contributed by atoms with Gasteiger partial charge in [-0.3, -0.25) is 14.9 Å². The molecule has 0 aromatic heterocycles. The Hall–Kier alpha value is -1.37. The second-order valence-electron chi connectivity index (χ2n) is 4.52. The minimum absolute atomic E-state index is 0.00813. The summed E-state index contributed by atoms with van der Waals surface area (Å²) >= 11 is 11.8. The normalized spacial score (nSPS) is 18.4. The second kappa shape index (κ2) is 5.95. The van der Waals surface area contributed by atoms with Crippen molar-refractivity contribution < 1.29 is 14.8 Å². The number of aliphatic hydroxyl groups excluding tert-OH is 1. The summed E-state index contributed by atoms with van der Waals surface area (Å²) in [5.41, 5.74) is -0.297. The quantitative estimate of drug-likeness (QED) is 0.685. The summed E-state index contributed by atoms with van der Waals surface area (Å²) in [4.78, 5) is 24.1. The first-order valence-corrected chi connectivity index (χ1v) is 6.76. The topological polar surface area (TPSA) is 83.7 Å². The minimum atomic E-state index is -0.632. The Morgan fingerprint density at radius 2 is 2.20 bits per heavy atom. The first-order valence-electron chi connectivity index (χ1n) is 6.01. The highest BCUT2D eigenvalue weighted by molar-refractivity contribution is 6.44. The molecule has 1 heterocycles. The van der Waals surface area contributed by atoms with Gasteiger partial charge >= 0.3 is 0 Å². The van der Waals surface area contributed by atoms with E-state index in [1.54, 1.807) is 0 Å². The molecular formula is C12H12Cl2N2O4. The van der Waals surface area contributed by atoms with Crippen LogP contribution in [0.3, 0.4) is 0 Å². The van der Waals surface area contributed by atoms with Crippen LogP contribution in [0.25, 0.3) is 0 Å². The van der Waals surface area contributed by atoms with Gasteiger partial charge in [-0.2, -0.15) is 0 Å². The zero-order chi connectivity index (χ0) is 14.9. The molecule has 6 nitrogen and oxygen atoms in total. The van der Waals surface area contributed by atoms with Crippen LogP contribution in [0.15, 0.2) is 12.1 Å². The van der Waals surface area contributed by atoms with Crippen molar-refractivity contribution in [3.63, 3.8) is 0 Å². The number of benzene rings is 1. The van der Waals surface area contributed by atoms with Crippen molar-refractivity contribution in [2.24, 2.45) is 0 Å². The maximum atomic E-state index is 12.4. The summed E-state index contributed by atoms with van der Waals surface area (Å²) < 4.78 is 0. The molecule has 0 radical (unpaired) electrons. The SMILES string of the molecule is O=C(c1cc([N+](=O)[O-])cc(Cl)c1Cl)N1CCCC1CO. The highest BCUT2D eigenvalue weighted by Gasteiger charge is 2.31. The summed E-state index contributed by atoms with van der Waals surface area (Å²) in [5.74, 6) is -0.447. The number of amides is 1. The first kappa shape index (κ1) is 15.0. The van der Waals surface area contributed by atoms with Crippen LogP contribution in [0.5, 0.6) is 0 Å². The summed E-state index contributed by atoms with van der Waals surface area (Å²) in [7, 11) is 0. The predicted molar refractivity (Wildman–Crippen MR) is 74.3 cm³/mol. The molecule has 1 amide bonds. The van der Waals surface area contributed by atoms with Crippen LogP contribution < -0.4 is 0 Å². The van der Waals surface area contributed by atoms with Crippen molar-refractivity contribution in [3.8, 4) is 0 Å². The van der Waals surface area contributed by atoms with Crippen LogP contribution in [0.1, 0.15) is 23.2 Å². The largest absolute Gasteiger partial charge is 0.394 e. The Kier molecular flexibility index (Phi) is 4.47. The van der Waals surface area contributed by atoms with Crippen molar-refractivity contribution in [2.45, 2.75) is 18.9 Å². The van der Waals surface area contributed by atoms with E-state index in [1.807, 2.05) is 0 Å². The number of nitro benzene ring substituents is 1. The zero-order valence-corrected chi connectivity index (χ0v) is 11.9. The molecule has 0 bridgehead atoms. The number of nitro groups is 1. The van der Waals surface area contributed by atoms with Gasteiger partial charge in [0.05, 0.1) is 33.2 Å². The van der Waals surface area contributed by atoms with Gasteiger partial charge in [-0.1, -0.05) is 23.2 Å². The molecule has 1 fully saturated rings. The summed E-state index contributed by atoms with van der Waals surface area (Å²) in [6, 6.07) is 1.94. The Labute approximate surface area is 125 Å². The van der Waals surface area contributed by atoms with Gasteiger partial charge in [0.15, 0.2) is 0 Å². The lowest BCUT2D eigenvalue weighted by molar-refractivity contribution is -0.384. The number of aliphatic hydroxyl groups is 1. The van der Waals surface area contributed by atoms with Crippen molar-refractivity contribution in [3.05, 3.63) is 37.9 Å². The number of non-ortho nitro benzene ring substituents is 1. The van der Waals surface area contributed by atoms with E-state index in [4.69, 9.17) is 23.2 Å². The maximum absolute atomic E-state index is 12.4. The molecular weight excluding hydrogens is 307 g/mol. The summed E-state index contributed by atoms with van der Waals surface area (Å²) in [5, 5.41) is 20.0. The van der Waals surface area contributed by atoms with Crippen molar-refractivity contribution in [1.29, 1.82) is 0 Å². The smallest absolute Gasteiger partial charge is 0.271 e. The number of hydrogen-bond donors (Lipinski definition) is 1. The lowest BCUT2D eigenvalue weighted by Crippen LogP contribution is -2.37. The third-order valence-electron chi connectivity index (χ3n) is 3.30. The van der Waals surface area contributed by atoms with Gasteiger partial charge in [0, 0.05) is 18.7 Å². The third kappa shape index (κ3) is 2.72. The number of carbonyl (C=O) groups excluding carboxylic acids is 1. The van der Waals surface area contributed by atoms with Gasteiger partial charge in [-0.05, 0) is 12.8 Å². The number of hydrogen-bond acceptors (Lipinski definition) is 4. The number of carbonyl (C=O) groups is 1. The minimum Gasteiger partial charge on any atom is -0.394 e. The first-order chi connectivity index (χ1) is 9.45. The molecule has 1 aromatic rings. The molecule has 20 heavy (non-hydrogen) atoms. The van der Waals surface area contributed by atoms with E-state index < -0.39 is 10.8 Å². The molecule has 0 saturated carbocycles. The van der Waals surface area contributed by atoms with E-state index >= 15 is 0 Å². The lowest BCUT2D eigenvalue weighted by atomic mass is 10.1. The molecule has 0 aliphatic carbocycles. The molecule has 1 aromatic carbocycles. The van der Waals surface area contributed by atoms with Crippen LogP contribution in [-0.4, -0.2) is 40.0 Å². The fourth-order valence-corrected chi connectivity index (χ4v) is 2.69. The standard InChI is InChI=1S/C12H12Cl2N2O4/c13-10-5-8(16(19)20)4-9(11(10)14)12(18)15-3-1-2-7(15)6-17/h4-5,7,17H,1-3,6H2. The molecule has 1 aliphatic rings. The van der Waals surface area contributed by atoms with E-state index in [9.17, 15) is 20.0 Å². The highest BCUT2D eigenvalue weighted by Crippen LogP contribution is 2.33. The number of halogens is 2. The van der Waals surface area contributed by atoms with Crippen LogP contribution >= 0.6 is 23.2 Å². The Morgan fingerprint density at radius 1 is 1.50 bits per heavy atom. The molecule has 1 saturated heterocycles. The van der Waals surface area contributed by atoms with E-state index in [0.717, 1.165) is 18.6 Å². The molecule has 108 valence electrons. The molecule has 1 aliphatic heterocycles. The lowest BCUT2D eigenvalue weighted by Gasteiger charge is -2.23. The zero-order valence-electron chi connectivity index (χ0n) is 10.4. The van der Waals surface area contributed by atoms with Crippen LogP contribution in [0.4, 0.5) is 5.69 Å². The van der Waals surface area contributed by atoms with Gasteiger partial charge in [0.2, 0.25) is 0 Å². The molecule has 1 N–H and O–H groups in total. The van der Waals surface area contributed by atoms with E-state index in [1.165, 1.54) is 4.90 Å². The number of rotatable bonds is 3. The fourth-order valence-electron chi connectivity index (χ4n) is 2.28. The van der Waals surface area contributed by atoms with Gasteiger partial charge in [0.25, 0.3) is 11.6 Å². The Bertz CT molecular complexity index is 565. The molecule has 8 heteroatoms. The molecule has 1 unspecified atom stereocenters. The van der Waals surface area contributed by atoms with E-state index in [2.05, 4.69) is 0 Å². The van der Waals surface area contributed by atoms with Crippen molar-refractivity contribution >= 4 is 34.8 Å². The molecule has 1 atom stereocenters. The predicted octanol–water partition coefficient (Wildman–Crippen LogP) is 2.50. The average Bonchev–Trinajstić information content (AvgIpc) is 2.89. The molecule has 2 rings (SSSR count).